The highest BCUT2D eigenvalue weighted by molar-refractivity contribution is 6.30. The van der Waals surface area contributed by atoms with Gasteiger partial charge in [-0.15, -0.1) is 0 Å². The van der Waals surface area contributed by atoms with E-state index in [1.807, 2.05) is 12.0 Å². The Balaban J connectivity index is 1.68. The first-order valence-electron chi connectivity index (χ1n) is 9.93. The molecular weight excluding hydrogens is 457 g/mol. The van der Waals surface area contributed by atoms with Crippen molar-refractivity contribution in [2.75, 3.05) is 0 Å². The summed E-state index contributed by atoms with van der Waals surface area (Å²) in [6.45, 7) is 1.97. The van der Waals surface area contributed by atoms with Gasteiger partial charge >= 0.3 is 6.18 Å². The Morgan fingerprint density at radius 3 is 2.12 bits per heavy atom. The van der Waals surface area contributed by atoms with Crippen LogP contribution in [0.2, 0.25) is 5.02 Å². The summed E-state index contributed by atoms with van der Waals surface area (Å²) in [5.41, 5.74) is -0.277. The minimum absolute atomic E-state index is 0.0467. The van der Waals surface area contributed by atoms with E-state index in [2.05, 4.69) is 5.10 Å². The van der Waals surface area contributed by atoms with Gasteiger partial charge in [0.25, 0.3) is 0 Å². The number of hydrogen-bond acceptors (Lipinski definition) is 4. The zero-order valence-corrected chi connectivity index (χ0v) is 18.0. The second-order valence-corrected chi connectivity index (χ2v) is 7.55. The first-order valence-corrected chi connectivity index (χ1v) is 10.3. The number of phenolic OH excluding ortho intramolecular Hbond substituents is 1. The van der Waals surface area contributed by atoms with Crippen molar-refractivity contribution in [2.45, 2.75) is 19.5 Å². The predicted molar refractivity (Wildman–Crippen MR) is 118 cm³/mol. The van der Waals surface area contributed by atoms with Crippen molar-refractivity contribution >= 4 is 11.6 Å². The van der Waals surface area contributed by atoms with E-state index >= 15 is 0 Å². The molecule has 0 unspecified atom stereocenters. The molecule has 0 spiro atoms. The van der Waals surface area contributed by atoms with Crippen LogP contribution in [0.1, 0.15) is 18.2 Å². The quantitative estimate of drug-likeness (QED) is 0.302. The molecule has 2 N–H and O–H groups in total. The second kappa shape index (κ2) is 9.07. The molecule has 0 fully saturated rings. The number of nitrogens with one attached hydrogen (secondary N) is 1. The lowest BCUT2D eigenvalue weighted by molar-refractivity contribution is -0.142. The number of H-pyrrole nitrogens is 1. The van der Waals surface area contributed by atoms with Gasteiger partial charge in [-0.25, -0.2) is 0 Å². The zero-order chi connectivity index (χ0) is 23.6. The minimum atomic E-state index is -4.74. The number of aromatic nitrogens is 2. The number of aryl methyl sites for hydroxylation is 1. The first kappa shape index (κ1) is 22.5. The molecule has 170 valence electrons. The van der Waals surface area contributed by atoms with Crippen LogP contribution in [0.4, 0.5) is 13.2 Å². The van der Waals surface area contributed by atoms with Crippen LogP contribution in [0.3, 0.4) is 0 Å². The Kier molecular flexibility index (Phi) is 6.20. The fraction of sp³-hybridized carbons (Fsp3) is 0.125. The molecule has 1 aromatic heterocycles. The maximum Gasteiger partial charge on any atom is 0.436 e. The van der Waals surface area contributed by atoms with Crippen molar-refractivity contribution in [3.8, 4) is 40.0 Å². The molecule has 4 aromatic rings. The monoisotopic (exact) mass is 474 g/mol. The largest absolute Gasteiger partial charge is 0.507 e. The lowest BCUT2D eigenvalue weighted by atomic mass is 10.1. The summed E-state index contributed by atoms with van der Waals surface area (Å²) in [6, 6.07) is 17.5. The van der Waals surface area contributed by atoms with Crippen molar-refractivity contribution in [2.24, 2.45) is 0 Å². The van der Waals surface area contributed by atoms with Crippen molar-refractivity contribution in [1.29, 1.82) is 0 Å². The van der Waals surface area contributed by atoms with E-state index in [0.717, 1.165) is 12.0 Å². The van der Waals surface area contributed by atoms with E-state index in [9.17, 15) is 18.3 Å². The predicted octanol–water partition coefficient (Wildman–Crippen LogP) is 7.60. The Hall–Kier alpha value is -3.65. The Bertz CT molecular complexity index is 1250. The topological polar surface area (TPSA) is 67.4 Å². The fourth-order valence-corrected chi connectivity index (χ4v) is 3.26. The molecule has 0 aliphatic carbocycles. The van der Waals surface area contributed by atoms with Gasteiger partial charge in [-0.2, -0.15) is 18.3 Å². The molecule has 0 radical (unpaired) electrons. The number of rotatable bonds is 6. The van der Waals surface area contributed by atoms with E-state index < -0.39 is 17.6 Å². The summed E-state index contributed by atoms with van der Waals surface area (Å²) < 4.78 is 52.0. The highest BCUT2D eigenvalue weighted by Gasteiger charge is 2.39. The molecular formula is C24H18ClF3N2O3. The molecule has 0 bridgehead atoms. The number of hydrogen-bond donors (Lipinski definition) is 2. The molecule has 1 heterocycles. The molecule has 0 aliphatic rings. The van der Waals surface area contributed by atoms with Crippen LogP contribution < -0.4 is 9.47 Å². The molecule has 0 amide bonds. The van der Waals surface area contributed by atoms with Gasteiger partial charge in [0, 0.05) is 16.7 Å². The third-order valence-electron chi connectivity index (χ3n) is 4.83. The Morgan fingerprint density at radius 2 is 1.52 bits per heavy atom. The average molecular weight is 475 g/mol. The molecule has 0 atom stereocenters. The summed E-state index contributed by atoms with van der Waals surface area (Å²) >= 11 is 5.85. The van der Waals surface area contributed by atoms with Gasteiger partial charge in [0.1, 0.15) is 28.7 Å². The minimum Gasteiger partial charge on any atom is -0.507 e. The standard InChI is InChI=1S/C24H18ClF3N2O3/c1-2-14-3-7-17(8-4-14)33-22-21(29-30-23(22)24(26,27)28)19-12-11-18(13-20(19)31)32-16-9-5-15(25)6-10-16/h3-13,31H,2H2,1H3,(H,29,30). The number of benzene rings is 3. The van der Waals surface area contributed by atoms with Crippen molar-refractivity contribution < 1.29 is 27.8 Å². The van der Waals surface area contributed by atoms with Crippen LogP contribution in [0.5, 0.6) is 28.7 Å². The van der Waals surface area contributed by atoms with E-state index in [-0.39, 0.29) is 28.5 Å². The molecule has 0 saturated heterocycles. The van der Waals surface area contributed by atoms with Gasteiger partial charge in [-0.05, 0) is 60.5 Å². The van der Waals surface area contributed by atoms with Gasteiger partial charge < -0.3 is 14.6 Å². The van der Waals surface area contributed by atoms with E-state index in [1.54, 1.807) is 48.5 Å². The normalized spacial score (nSPS) is 11.4. The second-order valence-electron chi connectivity index (χ2n) is 7.11. The van der Waals surface area contributed by atoms with Gasteiger partial charge in [0.05, 0.1) is 0 Å². The molecule has 4 rings (SSSR count). The number of halogens is 4. The van der Waals surface area contributed by atoms with E-state index in [0.29, 0.717) is 10.8 Å². The molecule has 9 heteroatoms. The Labute approximate surface area is 192 Å². The van der Waals surface area contributed by atoms with Crippen LogP contribution in [0.15, 0.2) is 66.7 Å². The van der Waals surface area contributed by atoms with Crippen molar-refractivity contribution in [3.63, 3.8) is 0 Å². The van der Waals surface area contributed by atoms with Gasteiger partial charge in [0.15, 0.2) is 11.4 Å². The highest BCUT2D eigenvalue weighted by Crippen LogP contribution is 2.45. The van der Waals surface area contributed by atoms with Crippen LogP contribution >= 0.6 is 11.6 Å². The molecule has 0 aliphatic heterocycles. The number of ether oxygens (including phenoxy) is 2. The summed E-state index contributed by atoms with van der Waals surface area (Å²) in [6.07, 6.45) is -3.96. The third-order valence-corrected chi connectivity index (χ3v) is 5.08. The first-order chi connectivity index (χ1) is 15.7. The van der Waals surface area contributed by atoms with E-state index in [4.69, 9.17) is 21.1 Å². The zero-order valence-electron chi connectivity index (χ0n) is 17.3. The summed E-state index contributed by atoms with van der Waals surface area (Å²) in [5, 5.41) is 16.9. The van der Waals surface area contributed by atoms with Crippen molar-refractivity contribution in [1.82, 2.24) is 10.2 Å². The molecule has 3 aromatic carbocycles. The lowest BCUT2D eigenvalue weighted by Gasteiger charge is -2.12. The van der Waals surface area contributed by atoms with Crippen molar-refractivity contribution in [3.05, 3.63) is 83.0 Å². The number of phenols is 1. The molecule has 33 heavy (non-hydrogen) atoms. The molecule has 0 saturated carbocycles. The van der Waals surface area contributed by atoms with Gasteiger partial charge in [-0.1, -0.05) is 30.7 Å². The van der Waals surface area contributed by atoms with Crippen LogP contribution in [0.25, 0.3) is 11.3 Å². The Morgan fingerprint density at radius 1 is 0.909 bits per heavy atom. The van der Waals surface area contributed by atoms with Crippen LogP contribution in [-0.4, -0.2) is 15.3 Å². The highest BCUT2D eigenvalue weighted by atomic mass is 35.5. The smallest absolute Gasteiger partial charge is 0.436 e. The maximum atomic E-state index is 13.6. The number of alkyl halides is 3. The summed E-state index contributed by atoms with van der Waals surface area (Å²) in [4.78, 5) is 0. The van der Waals surface area contributed by atoms with Gasteiger partial charge in [0.2, 0.25) is 0 Å². The van der Waals surface area contributed by atoms with Crippen LogP contribution in [-0.2, 0) is 12.6 Å². The number of aromatic amines is 1. The summed E-state index contributed by atoms with van der Waals surface area (Å²) in [5.74, 6) is 0.108. The third kappa shape index (κ3) is 5.06. The maximum absolute atomic E-state index is 13.6. The van der Waals surface area contributed by atoms with Crippen LogP contribution in [0, 0.1) is 0 Å². The SMILES string of the molecule is CCc1ccc(Oc2c(-c3ccc(Oc4ccc(Cl)cc4)cc3O)n[nH]c2C(F)(F)F)cc1. The molecule has 5 nitrogen and oxygen atoms in total. The number of nitrogens with zero attached hydrogens (tertiary/aromatic N) is 1. The number of aromatic hydroxyl groups is 1. The average Bonchev–Trinajstić information content (AvgIpc) is 3.20. The summed E-state index contributed by atoms with van der Waals surface area (Å²) in [7, 11) is 0. The van der Waals surface area contributed by atoms with E-state index in [1.165, 1.54) is 18.2 Å². The fourth-order valence-electron chi connectivity index (χ4n) is 3.13. The van der Waals surface area contributed by atoms with Gasteiger partial charge in [-0.3, -0.25) is 5.10 Å². The lowest BCUT2D eigenvalue weighted by Crippen LogP contribution is -2.07.